The molecule has 0 bridgehead atoms. The van der Waals surface area contributed by atoms with Crippen LogP contribution in [0.15, 0.2) is 42.7 Å². The monoisotopic (exact) mass is 282 g/mol. The highest BCUT2D eigenvalue weighted by Gasteiger charge is 2.23. The van der Waals surface area contributed by atoms with E-state index in [1.165, 1.54) is 19.3 Å². The van der Waals surface area contributed by atoms with E-state index in [1.54, 1.807) is 10.9 Å². The van der Waals surface area contributed by atoms with Crippen molar-refractivity contribution in [3.05, 3.63) is 53.9 Å². The average Bonchev–Trinajstić information content (AvgIpc) is 3.03. The number of hydrogen-bond donors (Lipinski definition) is 1. The minimum atomic E-state index is -0.371. The van der Waals surface area contributed by atoms with Gasteiger partial charge in [0.15, 0.2) is 0 Å². The Labute approximate surface area is 125 Å². The fraction of sp³-hybridized carbons (Fsp3) is 0.389. The van der Waals surface area contributed by atoms with Crippen LogP contribution >= 0.6 is 0 Å². The Kier molecular flexibility index (Phi) is 4.51. The third-order valence-electron chi connectivity index (χ3n) is 4.28. The molecule has 0 radical (unpaired) electrons. The van der Waals surface area contributed by atoms with E-state index in [4.69, 9.17) is 0 Å². The van der Waals surface area contributed by atoms with E-state index in [0.29, 0.717) is 5.92 Å². The number of hydrogen-bond acceptors (Lipinski definition) is 2. The van der Waals surface area contributed by atoms with Gasteiger partial charge in [-0.3, -0.25) is 0 Å². The molecule has 1 aromatic carbocycles. The highest BCUT2D eigenvalue weighted by molar-refractivity contribution is 5.59. The fourth-order valence-electron chi connectivity index (χ4n) is 3.04. The molecule has 21 heavy (non-hydrogen) atoms. The second-order valence-electron chi connectivity index (χ2n) is 5.82. The molecule has 1 heterocycles. The standard InChI is InChI=1S/C18H22N2O/c21-18(16-9-5-2-6-10-16)17-13-19-20(14-17)12-11-15-7-3-1-4-8-15/h1,3-4,7-8,11-14,16,18,21H,2,5-6,9-10H2. The van der Waals surface area contributed by atoms with Crippen molar-refractivity contribution in [3.63, 3.8) is 0 Å². The van der Waals surface area contributed by atoms with Crippen molar-refractivity contribution in [2.24, 2.45) is 5.92 Å². The van der Waals surface area contributed by atoms with Crippen LogP contribution in [-0.2, 0) is 0 Å². The molecule has 0 aliphatic heterocycles. The zero-order valence-corrected chi connectivity index (χ0v) is 12.2. The summed E-state index contributed by atoms with van der Waals surface area (Å²) in [5.41, 5.74) is 2.07. The number of rotatable bonds is 4. The lowest BCUT2D eigenvalue weighted by Crippen LogP contribution is -2.15. The first-order valence-corrected chi connectivity index (χ1v) is 7.78. The van der Waals surface area contributed by atoms with Gasteiger partial charge < -0.3 is 5.11 Å². The van der Waals surface area contributed by atoms with E-state index < -0.39 is 0 Å². The van der Waals surface area contributed by atoms with Gasteiger partial charge in [-0.1, -0.05) is 49.6 Å². The summed E-state index contributed by atoms with van der Waals surface area (Å²) in [6.07, 6.45) is 13.3. The van der Waals surface area contributed by atoms with Crippen molar-refractivity contribution >= 4 is 12.3 Å². The lowest BCUT2D eigenvalue weighted by molar-refractivity contribution is 0.0848. The molecule has 0 saturated heterocycles. The second-order valence-corrected chi connectivity index (χ2v) is 5.82. The molecule has 110 valence electrons. The van der Waals surface area contributed by atoms with Gasteiger partial charge in [0.25, 0.3) is 0 Å². The lowest BCUT2D eigenvalue weighted by atomic mass is 9.83. The van der Waals surface area contributed by atoms with E-state index in [9.17, 15) is 5.11 Å². The van der Waals surface area contributed by atoms with Crippen LogP contribution < -0.4 is 0 Å². The maximum atomic E-state index is 10.5. The highest BCUT2D eigenvalue weighted by Crippen LogP contribution is 2.34. The summed E-state index contributed by atoms with van der Waals surface area (Å²) in [6.45, 7) is 0. The maximum Gasteiger partial charge on any atom is 0.0848 e. The number of aromatic nitrogens is 2. The Morgan fingerprint density at radius 1 is 1.14 bits per heavy atom. The molecule has 1 unspecified atom stereocenters. The Balaban J connectivity index is 1.67. The summed E-state index contributed by atoms with van der Waals surface area (Å²) >= 11 is 0. The molecular weight excluding hydrogens is 260 g/mol. The predicted molar refractivity (Wildman–Crippen MR) is 85.4 cm³/mol. The van der Waals surface area contributed by atoms with E-state index in [-0.39, 0.29) is 6.10 Å². The smallest absolute Gasteiger partial charge is 0.0848 e. The molecule has 3 heteroatoms. The van der Waals surface area contributed by atoms with E-state index >= 15 is 0 Å². The van der Waals surface area contributed by atoms with Crippen LogP contribution in [0.1, 0.15) is 49.3 Å². The molecule has 3 rings (SSSR count). The van der Waals surface area contributed by atoms with Crippen LogP contribution in [0.3, 0.4) is 0 Å². The van der Waals surface area contributed by atoms with Crippen molar-refractivity contribution in [1.29, 1.82) is 0 Å². The molecule has 1 atom stereocenters. The SMILES string of the molecule is OC(c1cnn(C=Cc2ccccc2)c1)C1CCCCC1. The zero-order chi connectivity index (χ0) is 14.5. The van der Waals surface area contributed by atoms with Gasteiger partial charge in [0.1, 0.15) is 0 Å². The molecule has 1 fully saturated rings. The van der Waals surface area contributed by atoms with Gasteiger partial charge in [-0.05, 0) is 30.4 Å². The Bertz CT molecular complexity index is 582. The van der Waals surface area contributed by atoms with Gasteiger partial charge in [-0.25, -0.2) is 4.68 Å². The van der Waals surface area contributed by atoms with Gasteiger partial charge in [-0.15, -0.1) is 0 Å². The van der Waals surface area contributed by atoms with Crippen molar-refractivity contribution in [1.82, 2.24) is 9.78 Å². The van der Waals surface area contributed by atoms with Crippen molar-refractivity contribution in [2.75, 3.05) is 0 Å². The van der Waals surface area contributed by atoms with Crippen LogP contribution in [-0.4, -0.2) is 14.9 Å². The third kappa shape index (κ3) is 3.61. The summed E-state index contributed by atoms with van der Waals surface area (Å²) in [6, 6.07) is 10.1. The molecule has 2 aromatic rings. The molecule has 1 aliphatic rings. The van der Waals surface area contributed by atoms with Crippen molar-refractivity contribution < 1.29 is 5.11 Å². The summed E-state index contributed by atoms with van der Waals surface area (Å²) in [4.78, 5) is 0. The molecule has 0 amide bonds. The van der Waals surface area contributed by atoms with Gasteiger partial charge in [-0.2, -0.15) is 5.10 Å². The van der Waals surface area contributed by atoms with Gasteiger partial charge in [0.2, 0.25) is 0 Å². The molecule has 1 saturated carbocycles. The maximum absolute atomic E-state index is 10.5. The van der Waals surface area contributed by atoms with Gasteiger partial charge >= 0.3 is 0 Å². The van der Waals surface area contributed by atoms with Crippen LogP contribution in [0.5, 0.6) is 0 Å². The molecule has 0 spiro atoms. The first-order chi connectivity index (χ1) is 10.3. The van der Waals surface area contributed by atoms with Crippen LogP contribution in [0, 0.1) is 5.92 Å². The molecule has 1 N–H and O–H groups in total. The van der Waals surface area contributed by atoms with Crippen LogP contribution in [0.4, 0.5) is 0 Å². The molecular formula is C18H22N2O. The highest BCUT2D eigenvalue weighted by atomic mass is 16.3. The quantitative estimate of drug-likeness (QED) is 0.915. The number of nitrogens with zero attached hydrogens (tertiary/aromatic N) is 2. The van der Waals surface area contributed by atoms with E-state index in [1.807, 2.05) is 36.7 Å². The summed E-state index contributed by atoms with van der Waals surface area (Å²) in [5.74, 6) is 0.398. The number of aliphatic hydroxyl groups is 1. The Morgan fingerprint density at radius 2 is 1.90 bits per heavy atom. The predicted octanol–water partition coefficient (Wildman–Crippen LogP) is 4.12. The van der Waals surface area contributed by atoms with Gasteiger partial charge in [0.05, 0.1) is 12.3 Å². The van der Waals surface area contributed by atoms with Crippen molar-refractivity contribution in [3.8, 4) is 0 Å². The molecule has 1 aromatic heterocycles. The van der Waals surface area contributed by atoms with E-state index in [2.05, 4.69) is 17.2 Å². The number of benzene rings is 1. The fourth-order valence-corrected chi connectivity index (χ4v) is 3.04. The van der Waals surface area contributed by atoms with Crippen LogP contribution in [0.25, 0.3) is 12.3 Å². The van der Waals surface area contributed by atoms with E-state index in [0.717, 1.165) is 24.0 Å². The largest absolute Gasteiger partial charge is 0.388 e. The van der Waals surface area contributed by atoms with Crippen molar-refractivity contribution in [2.45, 2.75) is 38.2 Å². The summed E-state index contributed by atoms with van der Waals surface area (Å²) in [7, 11) is 0. The Morgan fingerprint density at radius 3 is 2.67 bits per heavy atom. The Hall–Kier alpha value is -1.87. The first-order valence-electron chi connectivity index (χ1n) is 7.78. The summed E-state index contributed by atoms with van der Waals surface area (Å²) < 4.78 is 1.77. The molecule has 1 aliphatic carbocycles. The normalized spacial score (nSPS) is 18.1. The first kappa shape index (κ1) is 14.1. The number of aliphatic hydroxyl groups excluding tert-OH is 1. The second kappa shape index (κ2) is 6.72. The van der Waals surface area contributed by atoms with Crippen LogP contribution in [0.2, 0.25) is 0 Å². The average molecular weight is 282 g/mol. The zero-order valence-electron chi connectivity index (χ0n) is 12.2. The minimum absolute atomic E-state index is 0.371. The molecule has 3 nitrogen and oxygen atoms in total. The minimum Gasteiger partial charge on any atom is -0.388 e. The topological polar surface area (TPSA) is 38.1 Å². The lowest BCUT2D eigenvalue weighted by Gasteiger charge is -2.25. The third-order valence-corrected chi connectivity index (χ3v) is 4.28. The summed E-state index contributed by atoms with van der Waals surface area (Å²) in [5, 5.41) is 14.8. The van der Waals surface area contributed by atoms with Gasteiger partial charge in [0, 0.05) is 18.0 Å².